The number of imidazole rings is 1. The van der Waals surface area contributed by atoms with Crippen LogP contribution in [0.4, 0.5) is 0 Å². The van der Waals surface area contributed by atoms with E-state index in [4.69, 9.17) is 4.98 Å². The molecular formula is C24H24N4OS. The van der Waals surface area contributed by atoms with Gasteiger partial charge in [-0.3, -0.25) is 9.69 Å². The molecule has 30 heavy (non-hydrogen) atoms. The first kappa shape index (κ1) is 19.0. The molecule has 0 saturated carbocycles. The van der Waals surface area contributed by atoms with Crippen molar-refractivity contribution in [2.24, 2.45) is 0 Å². The SMILES string of the molecule is O=C(NC1CCN(Cc2c(-c3ccccc3)nc3ccccn23)CC1)c1ccsc1. The van der Waals surface area contributed by atoms with Gasteiger partial charge < -0.3 is 9.72 Å². The van der Waals surface area contributed by atoms with Crippen molar-refractivity contribution in [2.75, 3.05) is 13.1 Å². The number of benzene rings is 1. The molecule has 1 fully saturated rings. The zero-order chi connectivity index (χ0) is 20.3. The summed E-state index contributed by atoms with van der Waals surface area (Å²) in [5.41, 5.74) is 5.16. The molecule has 6 heteroatoms. The normalized spacial score (nSPS) is 15.5. The molecule has 0 atom stereocenters. The number of hydrogen-bond donors (Lipinski definition) is 1. The van der Waals surface area contributed by atoms with Crippen LogP contribution in [0.15, 0.2) is 71.6 Å². The summed E-state index contributed by atoms with van der Waals surface area (Å²) in [5.74, 6) is 0.0443. The fourth-order valence-corrected chi connectivity index (χ4v) is 4.77. The average Bonchev–Trinajstić information content (AvgIpc) is 3.45. The molecule has 3 aromatic heterocycles. The van der Waals surface area contributed by atoms with Crippen LogP contribution in [-0.4, -0.2) is 39.3 Å². The highest BCUT2D eigenvalue weighted by atomic mass is 32.1. The van der Waals surface area contributed by atoms with Crippen molar-refractivity contribution >= 4 is 22.9 Å². The maximum atomic E-state index is 12.3. The first-order valence-corrected chi connectivity index (χ1v) is 11.3. The maximum absolute atomic E-state index is 12.3. The number of nitrogens with one attached hydrogen (secondary N) is 1. The fraction of sp³-hybridized carbons (Fsp3) is 0.250. The van der Waals surface area contributed by atoms with Gasteiger partial charge in [0.1, 0.15) is 5.65 Å². The van der Waals surface area contributed by atoms with Crippen molar-refractivity contribution in [2.45, 2.75) is 25.4 Å². The Morgan fingerprint density at radius 3 is 2.63 bits per heavy atom. The van der Waals surface area contributed by atoms with Crippen molar-refractivity contribution in [1.29, 1.82) is 0 Å². The van der Waals surface area contributed by atoms with Crippen LogP contribution in [0, 0.1) is 0 Å². The highest BCUT2D eigenvalue weighted by Gasteiger charge is 2.23. The fourth-order valence-electron chi connectivity index (χ4n) is 4.13. The second-order valence-corrected chi connectivity index (χ2v) is 8.52. The van der Waals surface area contributed by atoms with Crippen LogP contribution >= 0.6 is 11.3 Å². The van der Waals surface area contributed by atoms with Gasteiger partial charge >= 0.3 is 0 Å². The number of likely N-dealkylation sites (tertiary alicyclic amines) is 1. The summed E-state index contributed by atoms with van der Waals surface area (Å²) in [6.45, 7) is 2.77. The third-order valence-electron chi connectivity index (χ3n) is 5.76. The Labute approximate surface area is 180 Å². The van der Waals surface area contributed by atoms with Crippen LogP contribution in [0.25, 0.3) is 16.9 Å². The summed E-state index contributed by atoms with van der Waals surface area (Å²) in [4.78, 5) is 19.7. The number of thiophene rings is 1. The van der Waals surface area contributed by atoms with E-state index in [0.717, 1.165) is 54.9 Å². The van der Waals surface area contributed by atoms with Gasteiger partial charge in [0.05, 0.1) is 11.4 Å². The number of piperidine rings is 1. The van der Waals surface area contributed by atoms with Gasteiger partial charge in [-0.1, -0.05) is 36.4 Å². The maximum Gasteiger partial charge on any atom is 0.252 e. The van der Waals surface area contributed by atoms with Gasteiger partial charge in [-0.25, -0.2) is 4.98 Å². The van der Waals surface area contributed by atoms with E-state index in [1.807, 2.05) is 29.0 Å². The van der Waals surface area contributed by atoms with Gasteiger partial charge in [0.2, 0.25) is 0 Å². The topological polar surface area (TPSA) is 49.6 Å². The molecule has 4 heterocycles. The van der Waals surface area contributed by atoms with Crippen LogP contribution in [0.5, 0.6) is 0 Å². The van der Waals surface area contributed by atoms with Crippen molar-refractivity contribution in [3.05, 3.63) is 82.8 Å². The second-order valence-electron chi connectivity index (χ2n) is 7.74. The van der Waals surface area contributed by atoms with E-state index in [-0.39, 0.29) is 11.9 Å². The molecule has 1 N–H and O–H groups in total. The van der Waals surface area contributed by atoms with Crippen molar-refractivity contribution in [1.82, 2.24) is 19.6 Å². The van der Waals surface area contributed by atoms with Crippen LogP contribution in [0.1, 0.15) is 28.9 Å². The van der Waals surface area contributed by atoms with E-state index in [2.05, 4.69) is 57.2 Å². The largest absolute Gasteiger partial charge is 0.349 e. The highest BCUT2D eigenvalue weighted by molar-refractivity contribution is 7.08. The molecule has 0 bridgehead atoms. The third kappa shape index (κ3) is 3.88. The van der Waals surface area contributed by atoms with E-state index in [1.165, 1.54) is 5.69 Å². The lowest BCUT2D eigenvalue weighted by atomic mass is 10.0. The molecule has 4 aromatic rings. The minimum absolute atomic E-state index is 0.0443. The number of fused-ring (bicyclic) bond motifs is 1. The Morgan fingerprint density at radius 2 is 1.87 bits per heavy atom. The minimum atomic E-state index is 0.0443. The molecule has 1 aliphatic heterocycles. The number of carbonyl (C=O) groups excluding carboxylic acids is 1. The molecule has 5 nitrogen and oxygen atoms in total. The van der Waals surface area contributed by atoms with Crippen LogP contribution < -0.4 is 5.32 Å². The Balaban J connectivity index is 1.30. The summed E-state index contributed by atoms with van der Waals surface area (Å²) in [5, 5.41) is 7.04. The molecule has 1 amide bonds. The van der Waals surface area contributed by atoms with Gasteiger partial charge in [0.25, 0.3) is 5.91 Å². The number of nitrogens with zero attached hydrogens (tertiary/aromatic N) is 3. The number of pyridine rings is 1. The molecule has 0 radical (unpaired) electrons. The molecule has 1 aliphatic rings. The summed E-state index contributed by atoms with van der Waals surface area (Å²) in [6, 6.07) is 18.7. The summed E-state index contributed by atoms with van der Waals surface area (Å²) >= 11 is 1.56. The van der Waals surface area contributed by atoms with Gasteiger partial charge in [-0.15, -0.1) is 0 Å². The third-order valence-corrected chi connectivity index (χ3v) is 6.44. The lowest BCUT2D eigenvalue weighted by Crippen LogP contribution is -2.44. The lowest BCUT2D eigenvalue weighted by Gasteiger charge is -2.32. The first-order valence-electron chi connectivity index (χ1n) is 10.3. The van der Waals surface area contributed by atoms with Crippen LogP contribution in [-0.2, 0) is 6.54 Å². The zero-order valence-corrected chi connectivity index (χ0v) is 17.5. The van der Waals surface area contributed by atoms with Gasteiger partial charge in [0, 0.05) is 48.4 Å². The van der Waals surface area contributed by atoms with Crippen LogP contribution in [0.3, 0.4) is 0 Å². The Morgan fingerprint density at radius 1 is 1.07 bits per heavy atom. The van der Waals surface area contributed by atoms with E-state index >= 15 is 0 Å². The number of carbonyl (C=O) groups is 1. The van der Waals surface area contributed by atoms with E-state index in [0.29, 0.717) is 0 Å². The van der Waals surface area contributed by atoms with Crippen LogP contribution in [0.2, 0.25) is 0 Å². The predicted octanol–water partition coefficient (Wildman–Crippen LogP) is 4.46. The summed E-state index contributed by atoms with van der Waals surface area (Å²) < 4.78 is 2.20. The zero-order valence-electron chi connectivity index (χ0n) is 16.7. The van der Waals surface area contributed by atoms with Gasteiger partial charge in [-0.2, -0.15) is 11.3 Å². The Kier molecular flexibility index (Phi) is 5.34. The van der Waals surface area contributed by atoms with E-state index in [9.17, 15) is 4.79 Å². The monoisotopic (exact) mass is 416 g/mol. The van der Waals surface area contributed by atoms with E-state index in [1.54, 1.807) is 11.3 Å². The number of amides is 1. The van der Waals surface area contributed by atoms with Gasteiger partial charge in [-0.05, 0) is 36.4 Å². The quantitative estimate of drug-likeness (QED) is 0.523. The predicted molar refractivity (Wildman–Crippen MR) is 121 cm³/mol. The molecule has 0 aliphatic carbocycles. The number of hydrogen-bond acceptors (Lipinski definition) is 4. The van der Waals surface area contributed by atoms with E-state index < -0.39 is 0 Å². The highest BCUT2D eigenvalue weighted by Crippen LogP contribution is 2.26. The molecule has 1 saturated heterocycles. The van der Waals surface area contributed by atoms with Crippen molar-refractivity contribution in [3.63, 3.8) is 0 Å². The molecule has 0 unspecified atom stereocenters. The molecular weight excluding hydrogens is 392 g/mol. The number of aromatic nitrogens is 2. The average molecular weight is 417 g/mol. The van der Waals surface area contributed by atoms with Crippen molar-refractivity contribution in [3.8, 4) is 11.3 Å². The molecule has 1 aromatic carbocycles. The Hall–Kier alpha value is -2.96. The standard InChI is InChI=1S/C24H24N4OS/c29-24(19-11-15-30-17-19)25-20-9-13-27(14-10-20)16-21-23(18-6-2-1-3-7-18)26-22-8-4-5-12-28(21)22/h1-8,11-12,15,17,20H,9-10,13-14,16H2,(H,25,29). The smallest absolute Gasteiger partial charge is 0.252 e. The Bertz CT molecular complexity index is 1130. The molecule has 5 rings (SSSR count). The first-order chi connectivity index (χ1) is 14.8. The number of rotatable bonds is 5. The summed E-state index contributed by atoms with van der Waals surface area (Å²) in [7, 11) is 0. The second kappa shape index (κ2) is 8.42. The molecule has 0 spiro atoms. The van der Waals surface area contributed by atoms with Crippen molar-refractivity contribution < 1.29 is 4.79 Å². The van der Waals surface area contributed by atoms with Gasteiger partial charge in [0.15, 0.2) is 0 Å². The lowest BCUT2D eigenvalue weighted by molar-refractivity contribution is 0.0909. The molecule has 152 valence electrons. The summed E-state index contributed by atoms with van der Waals surface area (Å²) in [6.07, 6.45) is 4.03. The minimum Gasteiger partial charge on any atom is -0.349 e.